The van der Waals surface area contributed by atoms with Gasteiger partial charge in [0.1, 0.15) is 0 Å². The minimum absolute atomic E-state index is 0.237. The first kappa shape index (κ1) is 22.0. The second-order valence-electron chi connectivity index (χ2n) is 5.45. The van der Waals surface area contributed by atoms with Crippen molar-refractivity contribution in [1.82, 2.24) is 0 Å². The van der Waals surface area contributed by atoms with Crippen LogP contribution in [0.2, 0.25) is 0 Å². The highest BCUT2D eigenvalue weighted by Gasteiger charge is 2.21. The molecule has 0 amide bonds. The first-order valence-corrected chi connectivity index (χ1v) is 9.99. The summed E-state index contributed by atoms with van der Waals surface area (Å²) in [6.45, 7) is 16.4. The van der Waals surface area contributed by atoms with Gasteiger partial charge in [-0.15, -0.1) is 8.42 Å². The lowest BCUT2D eigenvalue weighted by atomic mass is 10.3. The molecule has 0 radical (unpaired) electrons. The van der Waals surface area contributed by atoms with Crippen LogP contribution in [0.15, 0.2) is 30.6 Å². The van der Waals surface area contributed by atoms with Gasteiger partial charge in [-0.25, -0.2) is 4.18 Å². The van der Waals surface area contributed by atoms with E-state index < -0.39 is 10.3 Å². The average Bonchev–Trinajstić information content (AvgIpc) is 2.59. The molecule has 1 aromatic heterocycles. The Labute approximate surface area is 142 Å². The van der Waals surface area contributed by atoms with Gasteiger partial charge < -0.3 is 4.48 Å². The van der Waals surface area contributed by atoms with E-state index in [4.69, 9.17) is 4.18 Å². The fourth-order valence-electron chi connectivity index (χ4n) is 2.24. The van der Waals surface area contributed by atoms with Crippen LogP contribution in [-0.4, -0.2) is 45.7 Å². The Kier molecular flexibility index (Phi) is 11.0. The predicted octanol–water partition coefficient (Wildman–Crippen LogP) is 2.77. The lowest BCUT2D eigenvalue weighted by Gasteiger charge is -2.34. The van der Waals surface area contributed by atoms with Crippen LogP contribution in [0.4, 0.5) is 0 Å². The van der Waals surface area contributed by atoms with E-state index in [1.165, 1.54) is 43.1 Å². The van der Waals surface area contributed by atoms with Crippen molar-refractivity contribution >= 4 is 10.3 Å². The molecule has 0 saturated carbocycles. The molecule has 0 saturated heterocycles. The topological polar surface area (TPSA) is 47.3 Å². The molecule has 0 N–H and O–H groups in total. The molecule has 5 nitrogen and oxygen atoms in total. The summed E-state index contributed by atoms with van der Waals surface area (Å²) in [5, 5.41) is 0. The first-order valence-electron chi connectivity index (χ1n) is 8.62. The molecule has 0 atom stereocenters. The zero-order valence-electron chi connectivity index (χ0n) is 15.4. The quantitative estimate of drug-likeness (QED) is 0.392. The second-order valence-corrected chi connectivity index (χ2v) is 6.96. The van der Waals surface area contributed by atoms with Crippen molar-refractivity contribution < 1.29 is 21.1 Å². The molecule has 0 fully saturated rings. The van der Waals surface area contributed by atoms with Crippen molar-refractivity contribution in [3.05, 3.63) is 30.6 Å². The van der Waals surface area contributed by atoms with E-state index in [1.807, 2.05) is 6.92 Å². The third-order valence-electron chi connectivity index (χ3n) is 4.36. The molecule has 1 rings (SSSR count). The maximum absolute atomic E-state index is 11.4. The van der Waals surface area contributed by atoms with Crippen LogP contribution in [0.3, 0.4) is 0 Å². The second kappa shape index (κ2) is 11.5. The molecule has 0 unspecified atom stereocenters. The van der Waals surface area contributed by atoms with Gasteiger partial charge in [-0.05, 0) is 34.1 Å². The van der Waals surface area contributed by atoms with E-state index in [0.717, 1.165) is 16.8 Å². The van der Waals surface area contributed by atoms with Crippen LogP contribution in [-0.2, 0) is 14.5 Å². The lowest BCUT2D eigenvalue weighted by Crippen LogP contribution is -2.47. The number of aromatic nitrogens is 1. The molecule has 134 valence electrons. The molecule has 23 heavy (non-hydrogen) atoms. The molecule has 0 bridgehead atoms. The van der Waals surface area contributed by atoms with Gasteiger partial charge in [-0.2, -0.15) is 0 Å². The molecule has 0 aromatic carbocycles. The van der Waals surface area contributed by atoms with Crippen LogP contribution in [0.5, 0.6) is 0 Å². The zero-order valence-corrected chi connectivity index (χ0v) is 16.2. The monoisotopic (exact) mass is 346 g/mol. The molecule has 0 aliphatic carbocycles. The first-order chi connectivity index (χ1) is 10.9. The minimum atomic E-state index is -3.62. The van der Waals surface area contributed by atoms with Crippen LogP contribution in [0, 0.1) is 0 Å². The van der Waals surface area contributed by atoms with Crippen molar-refractivity contribution in [2.45, 2.75) is 47.5 Å². The maximum atomic E-state index is 11.4. The van der Waals surface area contributed by atoms with Gasteiger partial charge in [0.25, 0.3) is 0 Å². The molecule has 1 heterocycles. The molecular formula is C17H34N2O3S+2. The summed E-state index contributed by atoms with van der Waals surface area (Å²) < 4.78 is 30.0. The number of rotatable bonds is 9. The van der Waals surface area contributed by atoms with E-state index in [-0.39, 0.29) is 6.61 Å². The van der Waals surface area contributed by atoms with Crippen molar-refractivity contribution in [3.63, 3.8) is 0 Å². The molecule has 0 spiro atoms. The highest BCUT2D eigenvalue weighted by Crippen LogP contribution is 2.03. The Balaban J connectivity index is 0.000000468. The van der Waals surface area contributed by atoms with E-state index >= 15 is 0 Å². The highest BCUT2D eigenvalue weighted by atomic mass is 32.2. The van der Waals surface area contributed by atoms with Crippen LogP contribution in [0.1, 0.15) is 47.5 Å². The van der Waals surface area contributed by atoms with Gasteiger partial charge >= 0.3 is 10.3 Å². The smallest absolute Gasteiger partial charge is 0.325 e. The van der Waals surface area contributed by atoms with Gasteiger partial charge in [0.05, 0.1) is 32.8 Å². The Morgan fingerprint density at radius 3 is 1.70 bits per heavy atom. The molecule has 0 aliphatic rings. The summed E-state index contributed by atoms with van der Waals surface area (Å²) in [6.07, 6.45) is 4.55. The van der Waals surface area contributed by atoms with Crippen LogP contribution < -0.4 is 3.97 Å². The SMILES string of the molecule is CCCCOS(=O)(=O)[n+]1ccccc1.CC[N+](CC)(CC)CC. The summed E-state index contributed by atoms with van der Waals surface area (Å²) in [5.41, 5.74) is 0. The number of pyridine rings is 1. The number of hydrogen-bond donors (Lipinski definition) is 0. The highest BCUT2D eigenvalue weighted by molar-refractivity contribution is 7.80. The summed E-state index contributed by atoms with van der Waals surface area (Å²) in [6, 6.07) is 5.03. The van der Waals surface area contributed by atoms with Gasteiger partial charge in [-0.1, -0.05) is 23.4 Å². The zero-order chi connectivity index (χ0) is 17.8. The third-order valence-corrected chi connectivity index (χ3v) is 5.58. The summed E-state index contributed by atoms with van der Waals surface area (Å²) in [7, 11) is -3.62. The van der Waals surface area contributed by atoms with Crippen LogP contribution >= 0.6 is 0 Å². The maximum Gasteiger partial charge on any atom is 0.513 e. The standard InChI is InChI=1S/C9H14NO3S.C8H20N/c1-2-3-9-13-14(11,12)10-7-5-4-6-8-10;1-5-9(6-2,7-3)8-4/h4-8H,2-3,9H2,1H3;5-8H2,1-4H3/q2*+1. The van der Waals surface area contributed by atoms with E-state index in [9.17, 15) is 8.42 Å². The van der Waals surface area contributed by atoms with Crippen LogP contribution in [0.25, 0.3) is 0 Å². The van der Waals surface area contributed by atoms with Crippen molar-refractivity contribution in [2.24, 2.45) is 0 Å². The minimum Gasteiger partial charge on any atom is -0.325 e. The fourth-order valence-corrected chi connectivity index (χ4v) is 3.13. The van der Waals surface area contributed by atoms with Crippen molar-refractivity contribution in [2.75, 3.05) is 32.8 Å². The molecular weight excluding hydrogens is 312 g/mol. The van der Waals surface area contributed by atoms with E-state index in [0.29, 0.717) is 0 Å². The summed E-state index contributed by atoms with van der Waals surface area (Å²) >= 11 is 0. The summed E-state index contributed by atoms with van der Waals surface area (Å²) in [5.74, 6) is 0. The summed E-state index contributed by atoms with van der Waals surface area (Å²) in [4.78, 5) is 0. The molecule has 0 aliphatic heterocycles. The van der Waals surface area contributed by atoms with Gasteiger partial charge in [0.2, 0.25) is 0 Å². The Morgan fingerprint density at radius 2 is 1.35 bits per heavy atom. The number of quaternary nitrogens is 1. The van der Waals surface area contributed by atoms with Gasteiger partial charge in [0, 0.05) is 12.1 Å². The van der Waals surface area contributed by atoms with Crippen molar-refractivity contribution in [1.29, 1.82) is 0 Å². The Bertz CT molecular complexity index is 482. The number of unbranched alkanes of at least 4 members (excludes halogenated alkanes) is 1. The normalized spacial score (nSPS) is 11.7. The molecule has 1 aromatic rings. The fraction of sp³-hybridized carbons (Fsp3) is 0.706. The van der Waals surface area contributed by atoms with E-state index in [1.54, 1.807) is 18.2 Å². The molecule has 6 heteroatoms. The Hall–Kier alpha value is -0.980. The van der Waals surface area contributed by atoms with Gasteiger partial charge in [0.15, 0.2) is 12.4 Å². The number of nitrogens with zero attached hydrogens (tertiary/aromatic N) is 2. The average molecular weight is 347 g/mol. The largest absolute Gasteiger partial charge is 0.513 e. The van der Waals surface area contributed by atoms with E-state index in [2.05, 4.69) is 27.7 Å². The third kappa shape index (κ3) is 7.90. The number of hydrogen-bond acceptors (Lipinski definition) is 3. The van der Waals surface area contributed by atoms with Crippen molar-refractivity contribution in [3.8, 4) is 0 Å². The predicted molar refractivity (Wildman–Crippen MR) is 94.2 cm³/mol. The van der Waals surface area contributed by atoms with Gasteiger partial charge in [-0.3, -0.25) is 0 Å². The Morgan fingerprint density at radius 1 is 0.870 bits per heavy atom. The lowest BCUT2D eigenvalue weighted by molar-refractivity contribution is -0.921.